The maximum Gasteiger partial charge on any atom is 0.0681 e. The van der Waals surface area contributed by atoms with Gasteiger partial charge in [-0.05, 0) is 11.4 Å². The second-order valence-electron chi connectivity index (χ2n) is 2.07. The van der Waals surface area contributed by atoms with E-state index in [2.05, 4.69) is 4.98 Å². The second kappa shape index (κ2) is 1.95. The lowest BCUT2D eigenvalue weighted by atomic mass is 10.3. The molecular formula is C7H6N2S. The minimum atomic E-state index is 0.771. The fraction of sp³-hybridized carbons (Fsp3) is 0. The normalized spacial score (nSPS) is 10.4. The predicted molar refractivity (Wildman–Crippen MR) is 44.0 cm³/mol. The van der Waals surface area contributed by atoms with Crippen LogP contribution >= 0.6 is 11.3 Å². The van der Waals surface area contributed by atoms with Crippen molar-refractivity contribution >= 4 is 27.1 Å². The summed E-state index contributed by atoms with van der Waals surface area (Å²) in [6, 6.07) is 2.02. The number of nitrogens with zero attached hydrogens (tertiary/aromatic N) is 1. The maximum absolute atomic E-state index is 5.65. The Kier molecular flexibility index (Phi) is 1.11. The Hall–Kier alpha value is -1.09. The largest absolute Gasteiger partial charge is 0.396 e. The number of thiophene rings is 1. The lowest BCUT2D eigenvalue weighted by Crippen LogP contribution is -1.84. The van der Waals surface area contributed by atoms with Crippen LogP contribution in [0, 0.1) is 0 Å². The van der Waals surface area contributed by atoms with Crippen LogP contribution in [0.3, 0.4) is 0 Å². The Morgan fingerprint density at radius 1 is 1.40 bits per heavy atom. The summed E-state index contributed by atoms with van der Waals surface area (Å²) in [7, 11) is 0. The van der Waals surface area contributed by atoms with Gasteiger partial charge in [0.15, 0.2) is 0 Å². The van der Waals surface area contributed by atoms with E-state index in [1.807, 2.05) is 17.6 Å². The number of hydrogen-bond acceptors (Lipinski definition) is 3. The highest BCUT2D eigenvalue weighted by molar-refractivity contribution is 7.17. The first-order chi connectivity index (χ1) is 4.88. The highest BCUT2D eigenvalue weighted by Gasteiger charge is 1.96. The van der Waals surface area contributed by atoms with Crippen LogP contribution in [0.25, 0.3) is 10.1 Å². The molecule has 0 unspecified atom stereocenters. The van der Waals surface area contributed by atoms with E-state index in [0.29, 0.717) is 0 Å². The maximum atomic E-state index is 5.65. The zero-order chi connectivity index (χ0) is 6.97. The Bertz CT molecular complexity index is 353. The van der Waals surface area contributed by atoms with Crippen molar-refractivity contribution in [3.8, 4) is 0 Å². The summed E-state index contributed by atoms with van der Waals surface area (Å²) < 4.78 is 1.13. The SMILES string of the molecule is Nc1cncc2ccsc12. The molecule has 2 heterocycles. The van der Waals surface area contributed by atoms with Gasteiger partial charge in [0.25, 0.3) is 0 Å². The van der Waals surface area contributed by atoms with Crippen molar-refractivity contribution in [3.63, 3.8) is 0 Å². The molecule has 0 amide bonds. The number of hydrogen-bond donors (Lipinski definition) is 1. The van der Waals surface area contributed by atoms with Crippen molar-refractivity contribution in [2.75, 3.05) is 5.73 Å². The second-order valence-corrected chi connectivity index (χ2v) is 2.98. The van der Waals surface area contributed by atoms with Crippen molar-refractivity contribution in [1.29, 1.82) is 0 Å². The summed E-state index contributed by atoms with van der Waals surface area (Å²) in [4.78, 5) is 3.97. The molecule has 10 heavy (non-hydrogen) atoms. The van der Waals surface area contributed by atoms with Gasteiger partial charge < -0.3 is 5.73 Å². The van der Waals surface area contributed by atoms with Crippen molar-refractivity contribution in [2.45, 2.75) is 0 Å². The number of fused-ring (bicyclic) bond motifs is 1. The van der Waals surface area contributed by atoms with E-state index in [4.69, 9.17) is 5.73 Å². The summed E-state index contributed by atoms with van der Waals surface area (Å²) in [5.41, 5.74) is 6.42. The van der Waals surface area contributed by atoms with Crippen LogP contribution in [-0.4, -0.2) is 4.98 Å². The van der Waals surface area contributed by atoms with Crippen LogP contribution in [0.2, 0.25) is 0 Å². The molecule has 2 aromatic heterocycles. The lowest BCUT2D eigenvalue weighted by molar-refractivity contribution is 1.37. The van der Waals surface area contributed by atoms with Gasteiger partial charge in [0, 0.05) is 11.6 Å². The predicted octanol–water partition coefficient (Wildman–Crippen LogP) is 1.88. The molecule has 0 saturated heterocycles. The van der Waals surface area contributed by atoms with Gasteiger partial charge in [-0.15, -0.1) is 11.3 Å². The molecule has 0 aliphatic heterocycles. The number of nitrogen functional groups attached to an aromatic ring is 1. The van der Waals surface area contributed by atoms with Crippen LogP contribution < -0.4 is 5.73 Å². The summed E-state index contributed by atoms with van der Waals surface area (Å²) in [5.74, 6) is 0. The first kappa shape index (κ1) is 5.68. The van der Waals surface area contributed by atoms with E-state index >= 15 is 0 Å². The quantitative estimate of drug-likeness (QED) is 0.622. The van der Waals surface area contributed by atoms with E-state index in [1.165, 1.54) is 0 Å². The molecule has 0 saturated carbocycles. The average Bonchev–Trinajstić information content (AvgIpc) is 2.36. The third kappa shape index (κ3) is 0.675. The van der Waals surface area contributed by atoms with Crippen LogP contribution in [0.5, 0.6) is 0 Å². The minimum Gasteiger partial charge on any atom is -0.396 e. The Labute approximate surface area is 62.3 Å². The highest BCUT2D eigenvalue weighted by atomic mass is 32.1. The van der Waals surface area contributed by atoms with Crippen molar-refractivity contribution in [1.82, 2.24) is 4.98 Å². The molecule has 2 N–H and O–H groups in total. The molecule has 0 aliphatic rings. The minimum absolute atomic E-state index is 0.771. The van der Waals surface area contributed by atoms with Gasteiger partial charge in [-0.2, -0.15) is 0 Å². The van der Waals surface area contributed by atoms with Crippen LogP contribution in [0.1, 0.15) is 0 Å². The van der Waals surface area contributed by atoms with Crippen molar-refractivity contribution < 1.29 is 0 Å². The van der Waals surface area contributed by atoms with E-state index in [1.54, 1.807) is 17.5 Å². The van der Waals surface area contributed by atoms with Gasteiger partial charge in [0.05, 0.1) is 16.6 Å². The number of anilines is 1. The molecule has 0 fully saturated rings. The van der Waals surface area contributed by atoms with E-state index < -0.39 is 0 Å². The van der Waals surface area contributed by atoms with Crippen molar-refractivity contribution in [3.05, 3.63) is 23.8 Å². The molecule has 3 heteroatoms. The first-order valence-corrected chi connectivity index (χ1v) is 3.82. The van der Waals surface area contributed by atoms with Gasteiger partial charge in [-0.3, -0.25) is 4.98 Å². The molecule has 2 nitrogen and oxygen atoms in total. The summed E-state index contributed by atoms with van der Waals surface area (Å²) in [6.45, 7) is 0. The van der Waals surface area contributed by atoms with Gasteiger partial charge >= 0.3 is 0 Å². The molecule has 0 radical (unpaired) electrons. The third-order valence-corrected chi connectivity index (χ3v) is 2.36. The van der Waals surface area contributed by atoms with Gasteiger partial charge in [0.2, 0.25) is 0 Å². The van der Waals surface area contributed by atoms with Crippen LogP contribution in [0.4, 0.5) is 5.69 Å². The van der Waals surface area contributed by atoms with E-state index in [0.717, 1.165) is 15.8 Å². The monoisotopic (exact) mass is 150 g/mol. The van der Waals surface area contributed by atoms with E-state index in [9.17, 15) is 0 Å². The fourth-order valence-corrected chi connectivity index (χ4v) is 1.71. The highest BCUT2D eigenvalue weighted by Crippen LogP contribution is 2.24. The molecule has 0 bridgehead atoms. The molecule has 50 valence electrons. The Morgan fingerprint density at radius 2 is 2.30 bits per heavy atom. The first-order valence-electron chi connectivity index (χ1n) is 2.94. The van der Waals surface area contributed by atoms with Gasteiger partial charge in [0.1, 0.15) is 0 Å². The topological polar surface area (TPSA) is 38.9 Å². The smallest absolute Gasteiger partial charge is 0.0681 e. The molecule has 0 spiro atoms. The number of pyridine rings is 1. The van der Waals surface area contributed by atoms with Crippen molar-refractivity contribution in [2.24, 2.45) is 0 Å². The van der Waals surface area contributed by atoms with Gasteiger partial charge in [-0.1, -0.05) is 0 Å². The summed E-state index contributed by atoms with van der Waals surface area (Å²) in [6.07, 6.45) is 3.50. The fourth-order valence-electron chi connectivity index (χ4n) is 0.912. The third-order valence-electron chi connectivity index (χ3n) is 1.39. The molecule has 0 atom stereocenters. The van der Waals surface area contributed by atoms with E-state index in [-0.39, 0.29) is 0 Å². The zero-order valence-corrected chi connectivity index (χ0v) is 6.06. The zero-order valence-electron chi connectivity index (χ0n) is 5.24. The molecule has 0 aliphatic carbocycles. The summed E-state index contributed by atoms with van der Waals surface area (Å²) in [5, 5.41) is 3.15. The van der Waals surface area contributed by atoms with Crippen LogP contribution in [0.15, 0.2) is 23.8 Å². The standard InChI is InChI=1S/C7H6N2S/c8-6-4-9-3-5-1-2-10-7(5)6/h1-4H,8H2. The number of aromatic nitrogens is 1. The average molecular weight is 150 g/mol. The Balaban J connectivity index is 2.95. The lowest BCUT2D eigenvalue weighted by Gasteiger charge is -1.91. The summed E-state index contributed by atoms with van der Waals surface area (Å²) >= 11 is 1.65. The number of rotatable bonds is 0. The molecule has 2 aromatic rings. The van der Waals surface area contributed by atoms with Crippen LogP contribution in [-0.2, 0) is 0 Å². The molecule has 2 rings (SSSR count). The number of nitrogens with two attached hydrogens (primary N) is 1. The molecular weight excluding hydrogens is 144 g/mol. The van der Waals surface area contributed by atoms with Gasteiger partial charge in [-0.25, -0.2) is 0 Å². The Morgan fingerprint density at radius 3 is 3.10 bits per heavy atom. The molecule has 0 aromatic carbocycles.